The maximum absolute atomic E-state index is 12.6. The van der Waals surface area contributed by atoms with Crippen molar-refractivity contribution in [3.63, 3.8) is 0 Å². The van der Waals surface area contributed by atoms with Gasteiger partial charge in [0.1, 0.15) is 5.52 Å². The first-order valence-corrected chi connectivity index (χ1v) is 9.18. The minimum atomic E-state index is -0.172. The van der Waals surface area contributed by atoms with Crippen molar-refractivity contribution in [2.24, 2.45) is 0 Å². The summed E-state index contributed by atoms with van der Waals surface area (Å²) in [5.41, 5.74) is 4.12. The minimum absolute atomic E-state index is 0.161. The molecule has 1 amide bonds. The van der Waals surface area contributed by atoms with E-state index in [1.54, 1.807) is 12.4 Å². The third-order valence-corrected chi connectivity index (χ3v) is 5.12. The van der Waals surface area contributed by atoms with Crippen LogP contribution in [-0.4, -0.2) is 25.4 Å². The Hall–Kier alpha value is -2.76. The van der Waals surface area contributed by atoms with E-state index >= 15 is 0 Å². The van der Waals surface area contributed by atoms with Crippen LogP contribution in [0.1, 0.15) is 66.3 Å². The molecule has 0 aromatic carbocycles. The van der Waals surface area contributed by atoms with Gasteiger partial charge in [0.05, 0.1) is 23.6 Å². The average molecular weight is 349 g/mol. The lowest BCUT2D eigenvalue weighted by molar-refractivity contribution is 0.0939. The Labute approximate surface area is 152 Å². The van der Waals surface area contributed by atoms with Gasteiger partial charge in [-0.05, 0) is 50.5 Å². The molecule has 4 rings (SSSR count). The topological polar surface area (TPSA) is 72.7 Å². The lowest BCUT2D eigenvalue weighted by Gasteiger charge is -2.14. The third kappa shape index (κ3) is 3.19. The number of imidazole rings is 1. The molecule has 6 nitrogen and oxygen atoms in total. The molecule has 1 N–H and O–H groups in total. The number of carbonyl (C=O) groups is 1. The predicted molar refractivity (Wildman–Crippen MR) is 99.9 cm³/mol. The summed E-state index contributed by atoms with van der Waals surface area (Å²) in [5, 5.41) is 2.99. The van der Waals surface area contributed by atoms with Crippen LogP contribution in [0.15, 0.2) is 36.9 Å². The molecular formula is C20H23N5O. The number of pyridine rings is 2. The molecule has 0 radical (unpaired) electrons. The number of amides is 1. The minimum Gasteiger partial charge on any atom is -0.344 e. The number of hydrogen-bond acceptors (Lipinski definition) is 4. The molecule has 3 aromatic heterocycles. The summed E-state index contributed by atoms with van der Waals surface area (Å²) in [7, 11) is 0. The maximum atomic E-state index is 12.6. The highest BCUT2D eigenvalue weighted by Gasteiger charge is 2.20. The standard InChI is InChI=1S/C20H23N5O/c1-13-7-8-21-17(9-13)14(2)24-20(26)15-10-18-19(22-11-15)25(12-23-18)16-5-3-4-6-16/h7-12,14,16H,3-6H2,1-2H3,(H,24,26). The fourth-order valence-electron chi connectivity index (χ4n) is 3.64. The molecular weight excluding hydrogens is 326 g/mol. The van der Waals surface area contributed by atoms with Gasteiger partial charge in [0.25, 0.3) is 5.91 Å². The van der Waals surface area contributed by atoms with E-state index in [0.717, 1.165) is 22.4 Å². The lowest BCUT2D eigenvalue weighted by Crippen LogP contribution is -2.27. The van der Waals surface area contributed by atoms with Crippen LogP contribution in [-0.2, 0) is 0 Å². The van der Waals surface area contributed by atoms with Crippen LogP contribution < -0.4 is 5.32 Å². The lowest BCUT2D eigenvalue weighted by atomic mass is 10.1. The summed E-state index contributed by atoms with van der Waals surface area (Å²) in [4.78, 5) is 25.9. The number of aromatic nitrogens is 4. The zero-order valence-corrected chi connectivity index (χ0v) is 15.1. The van der Waals surface area contributed by atoms with Crippen LogP contribution in [0.4, 0.5) is 0 Å². The van der Waals surface area contributed by atoms with Crippen molar-refractivity contribution in [2.45, 2.75) is 51.6 Å². The monoisotopic (exact) mass is 349 g/mol. The SMILES string of the molecule is Cc1ccnc(C(C)NC(=O)c2cnc3c(c2)ncn3C2CCCC2)c1. The largest absolute Gasteiger partial charge is 0.344 e. The van der Waals surface area contributed by atoms with E-state index in [2.05, 4.69) is 24.8 Å². The van der Waals surface area contributed by atoms with Crippen molar-refractivity contribution >= 4 is 17.1 Å². The molecule has 0 aliphatic heterocycles. The summed E-state index contributed by atoms with van der Waals surface area (Å²) < 4.78 is 2.16. The maximum Gasteiger partial charge on any atom is 0.253 e. The van der Waals surface area contributed by atoms with Gasteiger partial charge in [0.15, 0.2) is 5.65 Å². The average Bonchev–Trinajstić information content (AvgIpc) is 3.30. The first-order chi connectivity index (χ1) is 12.6. The predicted octanol–water partition coefficient (Wildman–Crippen LogP) is 3.74. The molecule has 3 aromatic rings. The van der Waals surface area contributed by atoms with E-state index in [4.69, 9.17) is 0 Å². The van der Waals surface area contributed by atoms with E-state index in [-0.39, 0.29) is 11.9 Å². The number of hydrogen-bond donors (Lipinski definition) is 1. The summed E-state index contributed by atoms with van der Waals surface area (Å²) in [6, 6.07) is 6.06. The van der Waals surface area contributed by atoms with E-state index in [1.807, 2.05) is 38.4 Å². The molecule has 0 saturated heterocycles. The summed E-state index contributed by atoms with van der Waals surface area (Å²) in [6.45, 7) is 3.94. The van der Waals surface area contributed by atoms with Crippen molar-refractivity contribution in [1.29, 1.82) is 0 Å². The molecule has 1 atom stereocenters. The molecule has 26 heavy (non-hydrogen) atoms. The van der Waals surface area contributed by atoms with Gasteiger partial charge < -0.3 is 9.88 Å². The van der Waals surface area contributed by atoms with Gasteiger partial charge in [-0.15, -0.1) is 0 Å². The smallest absolute Gasteiger partial charge is 0.253 e. The van der Waals surface area contributed by atoms with Crippen molar-refractivity contribution in [3.05, 3.63) is 53.7 Å². The second kappa shape index (κ2) is 6.86. The molecule has 1 fully saturated rings. The molecule has 134 valence electrons. The van der Waals surface area contributed by atoms with Crippen LogP contribution >= 0.6 is 0 Å². The van der Waals surface area contributed by atoms with E-state index in [0.29, 0.717) is 11.6 Å². The molecule has 0 bridgehead atoms. The van der Waals surface area contributed by atoms with Gasteiger partial charge in [-0.1, -0.05) is 12.8 Å². The third-order valence-electron chi connectivity index (χ3n) is 5.12. The Morgan fingerprint density at radius 2 is 2.04 bits per heavy atom. The number of nitrogens with one attached hydrogen (secondary N) is 1. The van der Waals surface area contributed by atoms with Crippen molar-refractivity contribution < 1.29 is 4.79 Å². The van der Waals surface area contributed by atoms with Gasteiger partial charge in [-0.3, -0.25) is 9.78 Å². The molecule has 0 spiro atoms. The Morgan fingerprint density at radius 1 is 1.23 bits per heavy atom. The van der Waals surface area contributed by atoms with Gasteiger partial charge in [-0.2, -0.15) is 0 Å². The Bertz CT molecular complexity index is 942. The Morgan fingerprint density at radius 3 is 2.81 bits per heavy atom. The molecule has 3 heterocycles. The summed E-state index contributed by atoms with van der Waals surface area (Å²) >= 11 is 0. The number of nitrogens with zero attached hydrogens (tertiary/aromatic N) is 4. The van der Waals surface area contributed by atoms with Crippen LogP contribution in [0.2, 0.25) is 0 Å². The van der Waals surface area contributed by atoms with E-state index < -0.39 is 0 Å². The quantitative estimate of drug-likeness (QED) is 0.779. The van der Waals surface area contributed by atoms with Gasteiger partial charge >= 0.3 is 0 Å². The molecule has 1 aliphatic rings. The molecule has 1 saturated carbocycles. The van der Waals surface area contributed by atoms with Gasteiger partial charge in [0, 0.05) is 18.4 Å². The van der Waals surface area contributed by atoms with Crippen molar-refractivity contribution in [2.75, 3.05) is 0 Å². The second-order valence-electron chi connectivity index (χ2n) is 7.11. The molecule has 1 aliphatic carbocycles. The molecule has 1 unspecified atom stereocenters. The fraction of sp³-hybridized carbons (Fsp3) is 0.400. The number of carbonyl (C=O) groups excluding carboxylic acids is 1. The Balaban J connectivity index is 1.53. The molecule has 6 heteroatoms. The van der Waals surface area contributed by atoms with Crippen LogP contribution in [0, 0.1) is 6.92 Å². The van der Waals surface area contributed by atoms with E-state index in [9.17, 15) is 4.79 Å². The fourth-order valence-corrected chi connectivity index (χ4v) is 3.64. The van der Waals surface area contributed by atoms with Gasteiger partial charge in [-0.25, -0.2) is 9.97 Å². The normalized spacial score (nSPS) is 16.1. The van der Waals surface area contributed by atoms with Crippen molar-refractivity contribution in [3.8, 4) is 0 Å². The van der Waals surface area contributed by atoms with E-state index in [1.165, 1.54) is 25.7 Å². The van der Waals surface area contributed by atoms with Crippen molar-refractivity contribution in [1.82, 2.24) is 24.8 Å². The zero-order valence-electron chi connectivity index (χ0n) is 15.1. The van der Waals surface area contributed by atoms with Crippen LogP contribution in [0.25, 0.3) is 11.2 Å². The van der Waals surface area contributed by atoms with Crippen LogP contribution in [0.5, 0.6) is 0 Å². The zero-order chi connectivity index (χ0) is 18.1. The first-order valence-electron chi connectivity index (χ1n) is 9.18. The highest BCUT2D eigenvalue weighted by atomic mass is 16.1. The van der Waals surface area contributed by atoms with Crippen LogP contribution in [0.3, 0.4) is 0 Å². The summed E-state index contributed by atoms with van der Waals surface area (Å²) in [5.74, 6) is -0.161. The second-order valence-corrected chi connectivity index (χ2v) is 7.11. The first kappa shape index (κ1) is 16.7. The highest BCUT2D eigenvalue weighted by molar-refractivity contribution is 5.96. The highest BCUT2D eigenvalue weighted by Crippen LogP contribution is 2.31. The number of fused-ring (bicyclic) bond motifs is 1. The Kier molecular flexibility index (Phi) is 4.41. The number of rotatable bonds is 4. The summed E-state index contributed by atoms with van der Waals surface area (Å²) in [6.07, 6.45) is 10.1. The number of aryl methyl sites for hydroxylation is 1. The van der Waals surface area contributed by atoms with Gasteiger partial charge in [0.2, 0.25) is 0 Å².